The second kappa shape index (κ2) is 5.56. The highest BCUT2D eigenvalue weighted by Gasteiger charge is 2.36. The number of carbonyl (C=O) groups is 2. The van der Waals surface area contributed by atoms with Crippen LogP contribution in [0.15, 0.2) is 0 Å². The molecule has 0 aliphatic carbocycles. The molecule has 0 saturated carbocycles. The first-order valence-electron chi connectivity index (χ1n) is 6.52. The van der Waals surface area contributed by atoms with Crippen molar-refractivity contribution in [1.29, 1.82) is 0 Å². The van der Waals surface area contributed by atoms with E-state index in [1.807, 2.05) is 0 Å². The Bertz CT molecular complexity index is 326. The number of aliphatic carboxylic acids is 1. The van der Waals surface area contributed by atoms with E-state index in [0.29, 0.717) is 26.1 Å². The van der Waals surface area contributed by atoms with Crippen LogP contribution in [0.1, 0.15) is 25.7 Å². The van der Waals surface area contributed by atoms with Crippen molar-refractivity contribution >= 4 is 12.0 Å². The Morgan fingerprint density at radius 1 is 1.11 bits per heavy atom. The third-order valence-corrected chi connectivity index (χ3v) is 3.93. The van der Waals surface area contributed by atoms with Crippen molar-refractivity contribution in [3.63, 3.8) is 0 Å². The molecule has 0 radical (unpaired) electrons. The van der Waals surface area contributed by atoms with Gasteiger partial charge in [0.25, 0.3) is 0 Å². The number of amides is 2. The molecule has 2 aliphatic rings. The Morgan fingerprint density at radius 2 is 1.78 bits per heavy atom. The molecule has 6 nitrogen and oxygen atoms in total. The number of urea groups is 1. The van der Waals surface area contributed by atoms with Crippen LogP contribution in [0.25, 0.3) is 0 Å². The maximum atomic E-state index is 12.2. The van der Waals surface area contributed by atoms with Crippen molar-refractivity contribution in [3.05, 3.63) is 0 Å². The SMILES string of the molecule is O=C(O)[C@@H]1CCCN1C(=O)N1CCC(CO)CC1. The summed E-state index contributed by atoms with van der Waals surface area (Å²) >= 11 is 0. The van der Waals surface area contributed by atoms with Crippen molar-refractivity contribution in [3.8, 4) is 0 Å². The molecule has 2 fully saturated rings. The van der Waals surface area contributed by atoms with Crippen LogP contribution < -0.4 is 0 Å². The number of likely N-dealkylation sites (tertiary alicyclic amines) is 2. The largest absolute Gasteiger partial charge is 0.480 e. The van der Waals surface area contributed by atoms with Gasteiger partial charge in [-0.25, -0.2) is 9.59 Å². The topological polar surface area (TPSA) is 81.1 Å². The van der Waals surface area contributed by atoms with Gasteiger partial charge in [-0.1, -0.05) is 0 Å². The molecule has 0 aromatic carbocycles. The maximum absolute atomic E-state index is 12.2. The molecule has 6 heteroatoms. The van der Waals surface area contributed by atoms with Gasteiger partial charge >= 0.3 is 12.0 Å². The summed E-state index contributed by atoms with van der Waals surface area (Å²) < 4.78 is 0. The predicted molar refractivity (Wildman–Crippen MR) is 64.1 cm³/mol. The number of piperidine rings is 1. The van der Waals surface area contributed by atoms with E-state index in [1.165, 1.54) is 4.90 Å². The van der Waals surface area contributed by atoms with Crippen LogP contribution in [0.4, 0.5) is 4.79 Å². The van der Waals surface area contributed by atoms with E-state index in [2.05, 4.69) is 0 Å². The Kier molecular flexibility index (Phi) is 4.06. The zero-order valence-corrected chi connectivity index (χ0v) is 10.4. The van der Waals surface area contributed by atoms with E-state index in [0.717, 1.165) is 19.3 Å². The van der Waals surface area contributed by atoms with Crippen LogP contribution in [0.5, 0.6) is 0 Å². The smallest absolute Gasteiger partial charge is 0.326 e. The van der Waals surface area contributed by atoms with E-state index >= 15 is 0 Å². The lowest BCUT2D eigenvalue weighted by atomic mass is 9.98. The van der Waals surface area contributed by atoms with Gasteiger partial charge in [0.1, 0.15) is 6.04 Å². The summed E-state index contributed by atoms with van der Waals surface area (Å²) in [4.78, 5) is 26.5. The molecule has 0 unspecified atom stereocenters. The molecule has 18 heavy (non-hydrogen) atoms. The standard InChI is InChI=1S/C12H20N2O4/c15-8-9-3-6-13(7-4-9)12(18)14-5-1-2-10(14)11(16)17/h9-10,15H,1-8H2,(H,16,17)/t10-/m0/s1. The van der Waals surface area contributed by atoms with E-state index in [4.69, 9.17) is 10.2 Å². The summed E-state index contributed by atoms with van der Waals surface area (Å²) in [6, 6.07) is -0.815. The fraction of sp³-hybridized carbons (Fsp3) is 0.833. The second-order valence-corrected chi connectivity index (χ2v) is 5.09. The van der Waals surface area contributed by atoms with Crippen molar-refractivity contribution in [2.75, 3.05) is 26.2 Å². The van der Waals surface area contributed by atoms with Crippen molar-refractivity contribution in [2.24, 2.45) is 5.92 Å². The average Bonchev–Trinajstić information content (AvgIpc) is 2.87. The van der Waals surface area contributed by atoms with Crippen LogP contribution >= 0.6 is 0 Å². The fourth-order valence-corrected chi connectivity index (χ4v) is 2.74. The van der Waals surface area contributed by atoms with Gasteiger partial charge in [-0.15, -0.1) is 0 Å². The average molecular weight is 256 g/mol. The van der Waals surface area contributed by atoms with E-state index < -0.39 is 12.0 Å². The molecule has 2 saturated heterocycles. The number of carboxylic acid groups (broad SMARTS) is 1. The molecule has 2 amide bonds. The molecule has 2 N–H and O–H groups in total. The number of rotatable bonds is 2. The van der Waals surface area contributed by atoms with Crippen molar-refractivity contribution in [2.45, 2.75) is 31.7 Å². The lowest BCUT2D eigenvalue weighted by Gasteiger charge is -2.35. The zero-order chi connectivity index (χ0) is 13.1. The fourth-order valence-electron chi connectivity index (χ4n) is 2.74. The van der Waals surface area contributed by atoms with Gasteiger partial charge in [-0.05, 0) is 31.6 Å². The maximum Gasteiger partial charge on any atom is 0.326 e. The normalized spacial score (nSPS) is 25.5. The third-order valence-electron chi connectivity index (χ3n) is 3.93. The van der Waals surface area contributed by atoms with Gasteiger partial charge in [-0.2, -0.15) is 0 Å². The Balaban J connectivity index is 1.93. The number of carbonyl (C=O) groups excluding carboxylic acids is 1. The third kappa shape index (κ3) is 2.58. The van der Waals surface area contributed by atoms with Crippen LogP contribution in [0, 0.1) is 5.92 Å². The summed E-state index contributed by atoms with van der Waals surface area (Å²) in [5.74, 6) is -0.631. The highest BCUT2D eigenvalue weighted by atomic mass is 16.4. The summed E-state index contributed by atoms with van der Waals surface area (Å²) in [5, 5.41) is 18.1. The summed E-state index contributed by atoms with van der Waals surface area (Å²) in [6.45, 7) is 1.94. The first kappa shape index (κ1) is 13.1. The number of carboxylic acids is 1. The van der Waals surface area contributed by atoms with Crippen LogP contribution in [0.3, 0.4) is 0 Å². The van der Waals surface area contributed by atoms with Gasteiger partial charge in [0.2, 0.25) is 0 Å². The quantitative estimate of drug-likeness (QED) is 0.747. The first-order valence-corrected chi connectivity index (χ1v) is 6.52. The molecular formula is C12H20N2O4. The minimum atomic E-state index is -0.911. The summed E-state index contributed by atoms with van der Waals surface area (Å²) in [6.07, 6.45) is 2.91. The van der Waals surface area contributed by atoms with Gasteiger partial charge in [0.05, 0.1) is 0 Å². The van der Waals surface area contributed by atoms with E-state index in [-0.39, 0.29) is 18.6 Å². The molecule has 2 aliphatic heterocycles. The second-order valence-electron chi connectivity index (χ2n) is 5.09. The molecule has 0 aromatic rings. The Morgan fingerprint density at radius 3 is 2.33 bits per heavy atom. The molecule has 102 valence electrons. The monoisotopic (exact) mass is 256 g/mol. The highest BCUT2D eigenvalue weighted by molar-refractivity contribution is 5.83. The lowest BCUT2D eigenvalue weighted by Crippen LogP contribution is -2.50. The molecule has 2 heterocycles. The summed E-state index contributed by atoms with van der Waals surface area (Å²) in [5.41, 5.74) is 0. The Labute approximate surface area is 106 Å². The minimum absolute atomic E-state index is 0.156. The predicted octanol–water partition coefficient (Wildman–Crippen LogP) is 0.360. The van der Waals surface area contributed by atoms with Crippen molar-refractivity contribution in [1.82, 2.24) is 9.80 Å². The summed E-state index contributed by atoms with van der Waals surface area (Å²) in [7, 11) is 0. The minimum Gasteiger partial charge on any atom is -0.480 e. The lowest BCUT2D eigenvalue weighted by molar-refractivity contribution is -0.141. The number of aliphatic hydroxyl groups excluding tert-OH is 1. The van der Waals surface area contributed by atoms with Crippen LogP contribution in [-0.4, -0.2) is 64.3 Å². The van der Waals surface area contributed by atoms with E-state index in [9.17, 15) is 9.59 Å². The molecule has 0 aromatic heterocycles. The highest BCUT2D eigenvalue weighted by Crippen LogP contribution is 2.22. The Hall–Kier alpha value is -1.30. The zero-order valence-electron chi connectivity index (χ0n) is 10.4. The molecule has 0 spiro atoms. The van der Waals surface area contributed by atoms with Gasteiger partial charge in [-0.3, -0.25) is 0 Å². The molecule has 0 bridgehead atoms. The van der Waals surface area contributed by atoms with Gasteiger partial charge in [0, 0.05) is 26.2 Å². The van der Waals surface area contributed by atoms with Crippen molar-refractivity contribution < 1.29 is 19.8 Å². The van der Waals surface area contributed by atoms with Crippen LogP contribution in [0.2, 0.25) is 0 Å². The van der Waals surface area contributed by atoms with E-state index in [1.54, 1.807) is 4.90 Å². The van der Waals surface area contributed by atoms with Crippen LogP contribution in [-0.2, 0) is 4.79 Å². The molecule has 2 rings (SSSR count). The number of hydrogen-bond acceptors (Lipinski definition) is 3. The molecular weight excluding hydrogens is 236 g/mol. The van der Waals surface area contributed by atoms with Gasteiger partial charge in [0.15, 0.2) is 0 Å². The molecule has 1 atom stereocenters. The number of hydrogen-bond donors (Lipinski definition) is 2. The number of aliphatic hydroxyl groups is 1. The number of nitrogens with zero attached hydrogens (tertiary/aromatic N) is 2. The van der Waals surface area contributed by atoms with Gasteiger partial charge < -0.3 is 20.0 Å². The first-order chi connectivity index (χ1) is 8.63.